The second kappa shape index (κ2) is 8.18. The summed E-state index contributed by atoms with van der Waals surface area (Å²) in [5.74, 6) is -0.551. The van der Waals surface area contributed by atoms with Crippen molar-refractivity contribution in [3.8, 4) is 5.75 Å². The molecular weight excluding hydrogens is 246 g/mol. The van der Waals surface area contributed by atoms with Gasteiger partial charge in [0.1, 0.15) is 0 Å². The van der Waals surface area contributed by atoms with Gasteiger partial charge in [0, 0.05) is 5.46 Å². The minimum atomic E-state index is -1.72. The van der Waals surface area contributed by atoms with Crippen molar-refractivity contribution in [3.05, 3.63) is 23.5 Å². The Hall–Kier alpha value is -1.07. The number of halogens is 1. The normalized spacial score (nSPS) is 10.6. The molecule has 106 valence electrons. The molecule has 0 unspecified atom stereocenters. The third kappa shape index (κ3) is 4.51. The summed E-state index contributed by atoms with van der Waals surface area (Å²) in [6.07, 6.45) is 6.23. The average Bonchev–Trinajstić information content (AvgIpc) is 2.39. The largest absolute Gasteiger partial charge is 0.494 e. The Morgan fingerprint density at radius 3 is 2.42 bits per heavy atom. The Morgan fingerprint density at radius 2 is 1.84 bits per heavy atom. The summed E-state index contributed by atoms with van der Waals surface area (Å²) in [6, 6.07) is 3.11. The van der Waals surface area contributed by atoms with Crippen LogP contribution < -0.4 is 10.2 Å². The third-order valence-electron chi connectivity index (χ3n) is 3.24. The van der Waals surface area contributed by atoms with Crippen molar-refractivity contribution < 1.29 is 19.2 Å². The number of methoxy groups -OCH3 is 1. The Morgan fingerprint density at radius 1 is 1.16 bits per heavy atom. The van der Waals surface area contributed by atoms with Gasteiger partial charge in [-0.2, -0.15) is 0 Å². The third-order valence-corrected chi connectivity index (χ3v) is 3.24. The number of rotatable bonds is 8. The predicted molar refractivity (Wildman–Crippen MR) is 75.2 cm³/mol. The summed E-state index contributed by atoms with van der Waals surface area (Å²) in [7, 11) is -0.391. The number of aryl methyl sites for hydroxylation is 1. The zero-order chi connectivity index (χ0) is 14.3. The van der Waals surface area contributed by atoms with Crippen LogP contribution in [0.1, 0.15) is 44.6 Å². The zero-order valence-corrected chi connectivity index (χ0v) is 11.7. The lowest BCUT2D eigenvalue weighted by Crippen LogP contribution is -2.32. The first-order valence-electron chi connectivity index (χ1n) is 6.83. The molecule has 0 amide bonds. The van der Waals surface area contributed by atoms with Gasteiger partial charge in [-0.1, -0.05) is 44.7 Å². The van der Waals surface area contributed by atoms with E-state index in [1.165, 1.54) is 32.4 Å². The molecule has 0 heterocycles. The Bertz CT molecular complexity index is 397. The van der Waals surface area contributed by atoms with Gasteiger partial charge in [-0.15, -0.1) is 0 Å². The fourth-order valence-electron chi connectivity index (χ4n) is 2.13. The second-order valence-electron chi connectivity index (χ2n) is 4.70. The monoisotopic (exact) mass is 268 g/mol. The van der Waals surface area contributed by atoms with Gasteiger partial charge in [0.2, 0.25) is 0 Å². The summed E-state index contributed by atoms with van der Waals surface area (Å²) in [5, 5.41) is 18.3. The SMILES string of the molecule is CCCCCCCc1ccc(B(O)O)c(OC)c1F. The molecule has 0 saturated heterocycles. The zero-order valence-electron chi connectivity index (χ0n) is 11.7. The highest BCUT2D eigenvalue weighted by molar-refractivity contribution is 6.59. The van der Waals surface area contributed by atoms with Crippen molar-refractivity contribution in [1.29, 1.82) is 0 Å². The van der Waals surface area contributed by atoms with Crippen LogP contribution in [0.3, 0.4) is 0 Å². The number of hydrogen-bond acceptors (Lipinski definition) is 3. The Kier molecular flexibility index (Phi) is 6.88. The van der Waals surface area contributed by atoms with E-state index < -0.39 is 12.9 Å². The topological polar surface area (TPSA) is 49.7 Å². The lowest BCUT2D eigenvalue weighted by molar-refractivity contribution is 0.379. The van der Waals surface area contributed by atoms with Crippen LogP contribution >= 0.6 is 0 Å². The van der Waals surface area contributed by atoms with E-state index in [1.807, 2.05) is 0 Å². The summed E-state index contributed by atoms with van der Waals surface area (Å²) in [6.45, 7) is 2.16. The van der Waals surface area contributed by atoms with Gasteiger partial charge >= 0.3 is 7.12 Å². The van der Waals surface area contributed by atoms with Crippen molar-refractivity contribution in [2.24, 2.45) is 0 Å². The first-order chi connectivity index (χ1) is 9.11. The van der Waals surface area contributed by atoms with Crippen LogP contribution in [0.25, 0.3) is 0 Å². The maximum Gasteiger partial charge on any atom is 0.492 e. The van der Waals surface area contributed by atoms with Gasteiger partial charge in [-0.05, 0) is 18.4 Å². The van der Waals surface area contributed by atoms with E-state index >= 15 is 0 Å². The molecule has 0 aliphatic rings. The Labute approximate surface area is 114 Å². The number of ether oxygens (including phenoxy) is 1. The van der Waals surface area contributed by atoms with E-state index in [9.17, 15) is 4.39 Å². The highest BCUT2D eigenvalue weighted by Gasteiger charge is 2.21. The molecule has 5 heteroatoms. The Balaban J connectivity index is 2.69. The molecule has 0 radical (unpaired) electrons. The molecule has 1 aromatic rings. The molecule has 1 aromatic carbocycles. The quantitative estimate of drug-likeness (QED) is 0.560. The van der Waals surface area contributed by atoms with E-state index in [0.717, 1.165) is 12.8 Å². The van der Waals surface area contributed by atoms with Crippen molar-refractivity contribution in [1.82, 2.24) is 0 Å². The van der Waals surface area contributed by atoms with E-state index in [-0.39, 0.29) is 11.2 Å². The first kappa shape index (κ1) is 16.0. The fraction of sp³-hybridized carbons (Fsp3) is 0.571. The van der Waals surface area contributed by atoms with Crippen LogP contribution in [0.4, 0.5) is 4.39 Å². The van der Waals surface area contributed by atoms with E-state index in [2.05, 4.69) is 6.92 Å². The number of unbranched alkanes of at least 4 members (excludes halogenated alkanes) is 4. The maximum atomic E-state index is 14.1. The minimum Gasteiger partial charge on any atom is -0.494 e. The van der Waals surface area contributed by atoms with Crippen molar-refractivity contribution in [2.75, 3.05) is 7.11 Å². The van der Waals surface area contributed by atoms with Gasteiger partial charge in [0.15, 0.2) is 11.6 Å². The van der Waals surface area contributed by atoms with Gasteiger partial charge < -0.3 is 14.8 Å². The fourth-order valence-corrected chi connectivity index (χ4v) is 2.13. The molecule has 3 nitrogen and oxygen atoms in total. The smallest absolute Gasteiger partial charge is 0.492 e. The van der Waals surface area contributed by atoms with Gasteiger partial charge in [0.25, 0.3) is 0 Å². The van der Waals surface area contributed by atoms with Gasteiger partial charge in [-0.25, -0.2) is 4.39 Å². The van der Waals surface area contributed by atoms with E-state index in [1.54, 1.807) is 6.07 Å². The highest BCUT2D eigenvalue weighted by Crippen LogP contribution is 2.20. The first-order valence-corrected chi connectivity index (χ1v) is 6.83. The number of benzene rings is 1. The standard InChI is InChI=1S/C14H22BFO3/c1-3-4-5-6-7-8-11-9-10-12(15(17)18)14(19-2)13(11)16/h9-10,17-18H,3-8H2,1-2H3. The average molecular weight is 268 g/mol. The van der Waals surface area contributed by atoms with Crippen LogP contribution in [0.2, 0.25) is 0 Å². The second-order valence-corrected chi connectivity index (χ2v) is 4.70. The van der Waals surface area contributed by atoms with Crippen molar-refractivity contribution >= 4 is 12.6 Å². The molecule has 0 fully saturated rings. The summed E-state index contributed by atoms with van der Waals surface area (Å²) in [4.78, 5) is 0. The van der Waals surface area contributed by atoms with Gasteiger partial charge in [0.05, 0.1) is 7.11 Å². The molecule has 2 N–H and O–H groups in total. The van der Waals surface area contributed by atoms with E-state index in [0.29, 0.717) is 12.0 Å². The molecule has 0 saturated carbocycles. The predicted octanol–water partition coefficient (Wildman–Crippen LogP) is 2.03. The lowest BCUT2D eigenvalue weighted by atomic mass is 9.78. The van der Waals surface area contributed by atoms with Crippen LogP contribution in [0, 0.1) is 5.82 Å². The summed E-state index contributed by atoms with van der Waals surface area (Å²) >= 11 is 0. The van der Waals surface area contributed by atoms with E-state index in [4.69, 9.17) is 14.8 Å². The summed E-state index contributed by atoms with van der Waals surface area (Å²) < 4.78 is 19.0. The highest BCUT2D eigenvalue weighted by atomic mass is 19.1. The van der Waals surface area contributed by atoms with Gasteiger partial charge in [-0.3, -0.25) is 0 Å². The molecule has 0 aromatic heterocycles. The van der Waals surface area contributed by atoms with Crippen LogP contribution in [0.15, 0.2) is 12.1 Å². The maximum absolute atomic E-state index is 14.1. The molecule has 1 rings (SSSR count). The number of hydrogen-bond donors (Lipinski definition) is 2. The van der Waals surface area contributed by atoms with Crippen LogP contribution in [-0.4, -0.2) is 24.3 Å². The molecule has 0 bridgehead atoms. The lowest BCUT2D eigenvalue weighted by Gasteiger charge is -2.12. The van der Waals surface area contributed by atoms with Crippen molar-refractivity contribution in [3.63, 3.8) is 0 Å². The molecule has 0 aliphatic carbocycles. The molecule has 0 aliphatic heterocycles. The minimum absolute atomic E-state index is 0.0646. The van der Waals surface area contributed by atoms with Crippen LogP contribution in [0.5, 0.6) is 5.75 Å². The molecule has 0 spiro atoms. The summed E-state index contributed by atoms with van der Waals surface area (Å²) in [5.41, 5.74) is 0.632. The van der Waals surface area contributed by atoms with Crippen molar-refractivity contribution in [2.45, 2.75) is 45.4 Å². The van der Waals surface area contributed by atoms with Crippen LogP contribution in [-0.2, 0) is 6.42 Å². The molecule has 19 heavy (non-hydrogen) atoms. The molecular formula is C14H22BFO3. The molecule has 0 atom stereocenters.